The summed E-state index contributed by atoms with van der Waals surface area (Å²) in [5.74, 6) is 2.17. The molecule has 1 aliphatic carbocycles. The number of aryl methyl sites for hydroxylation is 3. The van der Waals surface area contributed by atoms with Gasteiger partial charge in [-0.1, -0.05) is 0 Å². The van der Waals surface area contributed by atoms with Crippen molar-refractivity contribution < 1.29 is 4.42 Å². The largest absolute Gasteiger partial charge is 0.469 e. The van der Waals surface area contributed by atoms with Gasteiger partial charge in [0.05, 0.1) is 12.0 Å². The number of nitrogens with zero attached hydrogens (tertiary/aromatic N) is 1. The van der Waals surface area contributed by atoms with Gasteiger partial charge in [-0.25, -0.2) is 4.98 Å². The van der Waals surface area contributed by atoms with Gasteiger partial charge in [0.1, 0.15) is 11.6 Å². The van der Waals surface area contributed by atoms with E-state index in [4.69, 9.17) is 9.40 Å². The first-order valence-electron chi connectivity index (χ1n) is 6.17. The molecule has 3 rings (SSSR count). The number of hydrogen-bond donors (Lipinski definition) is 2. The lowest BCUT2D eigenvalue weighted by molar-refractivity contribution is 0.506. The monoisotopic (exact) mass is 231 g/mol. The van der Waals surface area contributed by atoms with E-state index in [0.29, 0.717) is 0 Å². The Balaban J connectivity index is 1.84. The molecule has 2 aromatic rings. The van der Waals surface area contributed by atoms with Gasteiger partial charge < -0.3 is 14.7 Å². The Morgan fingerprint density at radius 1 is 1.47 bits per heavy atom. The molecule has 0 aromatic carbocycles. The van der Waals surface area contributed by atoms with Gasteiger partial charge in [0.2, 0.25) is 0 Å². The number of aromatic nitrogens is 2. The lowest BCUT2D eigenvalue weighted by Gasteiger charge is -2.08. The standard InChI is InChI=1S/C13H17N3O/c1-14-7-2-3-12-15-10-4-5-11-9(6-8-17-11)13(10)16-12/h6,8,14H,2-5,7H2,1H3,(H,15,16). The number of aromatic amines is 1. The van der Waals surface area contributed by atoms with Crippen molar-refractivity contribution in [1.82, 2.24) is 15.3 Å². The topological polar surface area (TPSA) is 53.9 Å². The van der Waals surface area contributed by atoms with Crippen LogP contribution in [-0.2, 0) is 19.3 Å². The summed E-state index contributed by atoms with van der Waals surface area (Å²) in [5.41, 5.74) is 3.53. The van der Waals surface area contributed by atoms with Gasteiger partial charge in [0.15, 0.2) is 0 Å². The molecule has 2 aromatic heterocycles. The average molecular weight is 231 g/mol. The molecule has 1 aliphatic rings. The fourth-order valence-electron chi connectivity index (χ4n) is 2.40. The zero-order valence-electron chi connectivity index (χ0n) is 10.0. The van der Waals surface area contributed by atoms with E-state index in [-0.39, 0.29) is 0 Å². The van der Waals surface area contributed by atoms with Crippen LogP contribution in [0.25, 0.3) is 11.3 Å². The van der Waals surface area contributed by atoms with Gasteiger partial charge in [-0.2, -0.15) is 0 Å². The van der Waals surface area contributed by atoms with Crippen molar-refractivity contribution in [2.45, 2.75) is 25.7 Å². The Bertz CT molecular complexity index is 512. The predicted octanol–water partition coefficient (Wildman–Crippen LogP) is 1.92. The van der Waals surface area contributed by atoms with Crippen LogP contribution in [0.2, 0.25) is 0 Å². The third-order valence-electron chi connectivity index (χ3n) is 3.27. The lowest BCUT2D eigenvalue weighted by atomic mass is 10.00. The Hall–Kier alpha value is -1.55. The molecule has 0 spiro atoms. The van der Waals surface area contributed by atoms with Crippen LogP contribution in [0.4, 0.5) is 0 Å². The Kier molecular flexibility index (Phi) is 2.73. The maximum Gasteiger partial charge on any atom is 0.113 e. The average Bonchev–Trinajstić information content (AvgIpc) is 2.93. The highest BCUT2D eigenvalue weighted by Crippen LogP contribution is 2.32. The van der Waals surface area contributed by atoms with Crippen LogP contribution in [0.1, 0.15) is 23.7 Å². The molecule has 0 fully saturated rings. The van der Waals surface area contributed by atoms with Crippen molar-refractivity contribution in [2.24, 2.45) is 0 Å². The highest BCUT2D eigenvalue weighted by atomic mass is 16.3. The molecule has 0 aliphatic heterocycles. The minimum Gasteiger partial charge on any atom is -0.469 e. The highest BCUT2D eigenvalue weighted by Gasteiger charge is 2.22. The van der Waals surface area contributed by atoms with E-state index >= 15 is 0 Å². The van der Waals surface area contributed by atoms with E-state index in [1.807, 2.05) is 13.1 Å². The molecule has 0 saturated carbocycles. The van der Waals surface area contributed by atoms with E-state index in [2.05, 4.69) is 10.3 Å². The molecule has 0 amide bonds. The molecule has 4 nitrogen and oxygen atoms in total. The smallest absolute Gasteiger partial charge is 0.113 e. The summed E-state index contributed by atoms with van der Waals surface area (Å²) < 4.78 is 5.46. The van der Waals surface area contributed by atoms with E-state index in [9.17, 15) is 0 Å². The molecule has 0 atom stereocenters. The summed E-state index contributed by atoms with van der Waals surface area (Å²) in [6.45, 7) is 1.03. The van der Waals surface area contributed by atoms with Crippen LogP contribution in [0.3, 0.4) is 0 Å². The number of imidazole rings is 1. The number of hydrogen-bond acceptors (Lipinski definition) is 3. The molecular weight excluding hydrogens is 214 g/mol. The van der Waals surface area contributed by atoms with Crippen LogP contribution >= 0.6 is 0 Å². The Morgan fingerprint density at radius 3 is 3.29 bits per heavy atom. The molecule has 2 N–H and O–H groups in total. The number of furan rings is 1. The Labute approximate surface area is 100 Å². The molecule has 0 unspecified atom stereocenters. The summed E-state index contributed by atoms with van der Waals surface area (Å²) in [6.07, 6.45) is 5.86. The first-order valence-corrected chi connectivity index (χ1v) is 6.17. The quantitative estimate of drug-likeness (QED) is 0.790. The molecule has 0 bridgehead atoms. The highest BCUT2D eigenvalue weighted by molar-refractivity contribution is 5.66. The van der Waals surface area contributed by atoms with Gasteiger partial charge in [0, 0.05) is 24.1 Å². The normalized spacial score (nSPS) is 13.5. The third kappa shape index (κ3) is 1.89. The summed E-state index contributed by atoms with van der Waals surface area (Å²) in [6, 6.07) is 2.02. The molecule has 17 heavy (non-hydrogen) atoms. The van der Waals surface area contributed by atoms with Gasteiger partial charge >= 0.3 is 0 Å². The van der Waals surface area contributed by atoms with Crippen molar-refractivity contribution in [3.63, 3.8) is 0 Å². The fraction of sp³-hybridized carbons (Fsp3) is 0.462. The van der Waals surface area contributed by atoms with E-state index in [1.54, 1.807) is 6.26 Å². The van der Waals surface area contributed by atoms with Gasteiger partial charge in [-0.05, 0) is 32.5 Å². The minimum atomic E-state index is 0.980. The second-order valence-corrected chi connectivity index (χ2v) is 4.48. The van der Waals surface area contributed by atoms with E-state index in [0.717, 1.165) is 49.5 Å². The molecule has 4 heteroatoms. The van der Waals surface area contributed by atoms with Crippen LogP contribution in [0.5, 0.6) is 0 Å². The van der Waals surface area contributed by atoms with Gasteiger partial charge in [-0.3, -0.25) is 0 Å². The second-order valence-electron chi connectivity index (χ2n) is 4.48. The number of fused-ring (bicyclic) bond motifs is 3. The second kappa shape index (κ2) is 4.37. The predicted molar refractivity (Wildman–Crippen MR) is 65.9 cm³/mol. The fourth-order valence-corrected chi connectivity index (χ4v) is 2.40. The lowest BCUT2D eigenvalue weighted by Crippen LogP contribution is -2.08. The zero-order chi connectivity index (χ0) is 11.7. The van der Waals surface area contributed by atoms with Crippen LogP contribution in [0.15, 0.2) is 16.7 Å². The van der Waals surface area contributed by atoms with Crippen LogP contribution < -0.4 is 5.32 Å². The van der Waals surface area contributed by atoms with E-state index < -0.39 is 0 Å². The van der Waals surface area contributed by atoms with Crippen LogP contribution in [-0.4, -0.2) is 23.6 Å². The molecule has 0 saturated heterocycles. The molecule has 2 heterocycles. The summed E-state index contributed by atoms with van der Waals surface area (Å²) in [7, 11) is 1.98. The van der Waals surface area contributed by atoms with Crippen molar-refractivity contribution in [3.8, 4) is 11.3 Å². The first kappa shape index (κ1) is 10.6. The van der Waals surface area contributed by atoms with Crippen molar-refractivity contribution in [2.75, 3.05) is 13.6 Å². The van der Waals surface area contributed by atoms with Gasteiger partial charge in [0.25, 0.3) is 0 Å². The van der Waals surface area contributed by atoms with Gasteiger partial charge in [-0.15, -0.1) is 0 Å². The SMILES string of the molecule is CNCCCc1nc2c([nH]1)CCc1occc1-2. The number of rotatable bonds is 4. The Morgan fingerprint density at radius 2 is 2.41 bits per heavy atom. The maximum absolute atomic E-state index is 5.46. The first-order chi connectivity index (χ1) is 8.38. The van der Waals surface area contributed by atoms with Crippen molar-refractivity contribution in [1.29, 1.82) is 0 Å². The van der Waals surface area contributed by atoms with Crippen LogP contribution in [0, 0.1) is 0 Å². The maximum atomic E-state index is 5.46. The van der Waals surface area contributed by atoms with Crippen molar-refractivity contribution >= 4 is 0 Å². The molecule has 0 radical (unpaired) electrons. The summed E-state index contributed by atoms with van der Waals surface area (Å²) in [5, 5.41) is 3.15. The summed E-state index contributed by atoms with van der Waals surface area (Å²) in [4.78, 5) is 8.14. The van der Waals surface area contributed by atoms with Crippen molar-refractivity contribution in [3.05, 3.63) is 29.6 Å². The summed E-state index contributed by atoms with van der Waals surface area (Å²) >= 11 is 0. The third-order valence-corrected chi connectivity index (χ3v) is 3.27. The molecule has 90 valence electrons. The number of nitrogens with one attached hydrogen (secondary N) is 2. The number of H-pyrrole nitrogens is 1. The minimum absolute atomic E-state index is 0.980. The van der Waals surface area contributed by atoms with E-state index in [1.165, 1.54) is 11.3 Å². The molecular formula is C13H17N3O. The zero-order valence-corrected chi connectivity index (χ0v) is 10.0.